The van der Waals surface area contributed by atoms with Gasteiger partial charge in [0.25, 0.3) is 0 Å². The van der Waals surface area contributed by atoms with Gasteiger partial charge < -0.3 is 14.7 Å². The van der Waals surface area contributed by atoms with Crippen molar-refractivity contribution in [3.63, 3.8) is 0 Å². The van der Waals surface area contributed by atoms with Gasteiger partial charge in [0.15, 0.2) is 0 Å². The molecule has 19 heavy (non-hydrogen) atoms. The van der Waals surface area contributed by atoms with E-state index in [1.165, 1.54) is 0 Å². The first-order valence-corrected chi connectivity index (χ1v) is 6.82. The van der Waals surface area contributed by atoms with Crippen molar-refractivity contribution in [2.24, 2.45) is 0 Å². The van der Waals surface area contributed by atoms with Crippen molar-refractivity contribution < 1.29 is 14.6 Å². The normalized spacial score (nSPS) is 10.3. The van der Waals surface area contributed by atoms with Gasteiger partial charge in [-0.3, -0.25) is 4.79 Å². The molecule has 0 aromatic heterocycles. The van der Waals surface area contributed by atoms with Crippen LogP contribution < -0.4 is 4.74 Å². The Hall–Kier alpha value is -1.26. The minimum absolute atomic E-state index is 0.00426. The van der Waals surface area contributed by atoms with E-state index < -0.39 is 0 Å². The van der Waals surface area contributed by atoms with Gasteiger partial charge in [-0.05, 0) is 25.5 Å². The van der Waals surface area contributed by atoms with Crippen molar-refractivity contribution in [3.8, 4) is 5.75 Å². The second-order valence-electron chi connectivity index (χ2n) is 4.08. The maximum absolute atomic E-state index is 11.8. The lowest BCUT2D eigenvalue weighted by atomic mass is 10.3. The van der Waals surface area contributed by atoms with Crippen molar-refractivity contribution in [3.05, 3.63) is 29.3 Å². The SMILES string of the molecule is CCN(CCO)C(=O)CCCOc1ccccc1Cl. The van der Waals surface area contributed by atoms with Gasteiger partial charge in [0.2, 0.25) is 5.91 Å². The first-order valence-electron chi connectivity index (χ1n) is 6.45. The molecule has 0 saturated heterocycles. The highest BCUT2D eigenvalue weighted by molar-refractivity contribution is 6.32. The number of para-hydroxylation sites is 1. The molecule has 4 nitrogen and oxygen atoms in total. The van der Waals surface area contributed by atoms with Crippen molar-refractivity contribution >= 4 is 17.5 Å². The Bertz CT molecular complexity index is 398. The van der Waals surface area contributed by atoms with Crippen molar-refractivity contribution in [1.29, 1.82) is 0 Å². The largest absolute Gasteiger partial charge is 0.492 e. The van der Waals surface area contributed by atoms with Crippen molar-refractivity contribution in [2.45, 2.75) is 19.8 Å². The Morgan fingerprint density at radius 3 is 2.79 bits per heavy atom. The standard InChI is InChI=1S/C14H20ClNO3/c1-2-16(9-10-17)14(18)8-5-11-19-13-7-4-3-6-12(13)15/h3-4,6-7,17H,2,5,8-11H2,1H3. The highest BCUT2D eigenvalue weighted by atomic mass is 35.5. The van der Waals surface area contributed by atoms with Crippen LogP contribution in [0.4, 0.5) is 0 Å². The molecule has 1 amide bonds. The Morgan fingerprint density at radius 2 is 2.16 bits per heavy atom. The van der Waals surface area contributed by atoms with Crippen LogP contribution in [0.25, 0.3) is 0 Å². The first-order chi connectivity index (χ1) is 9.19. The molecule has 0 unspecified atom stereocenters. The van der Waals surface area contributed by atoms with E-state index in [1.807, 2.05) is 19.1 Å². The zero-order valence-corrected chi connectivity index (χ0v) is 11.9. The third kappa shape index (κ3) is 5.49. The number of carbonyl (C=O) groups excluding carboxylic acids is 1. The summed E-state index contributed by atoms with van der Waals surface area (Å²) in [7, 11) is 0. The molecular formula is C14H20ClNO3. The number of amides is 1. The molecule has 0 radical (unpaired) electrons. The second-order valence-corrected chi connectivity index (χ2v) is 4.49. The molecule has 0 saturated carbocycles. The number of rotatable bonds is 8. The molecule has 1 aromatic carbocycles. The van der Waals surface area contributed by atoms with Crippen LogP contribution in [-0.2, 0) is 4.79 Å². The average Bonchev–Trinajstić information content (AvgIpc) is 2.42. The summed E-state index contributed by atoms with van der Waals surface area (Å²) in [4.78, 5) is 13.4. The third-order valence-electron chi connectivity index (χ3n) is 2.73. The van der Waals surface area contributed by atoms with Gasteiger partial charge in [0, 0.05) is 19.5 Å². The van der Waals surface area contributed by atoms with Gasteiger partial charge in [0.05, 0.1) is 18.2 Å². The van der Waals surface area contributed by atoms with Crippen LogP contribution in [0.3, 0.4) is 0 Å². The summed E-state index contributed by atoms with van der Waals surface area (Å²) in [6.45, 7) is 3.35. The summed E-state index contributed by atoms with van der Waals surface area (Å²) >= 11 is 5.95. The molecule has 0 aliphatic heterocycles. The Balaban J connectivity index is 2.27. The predicted octanol–water partition coefficient (Wildman–Crippen LogP) is 2.34. The van der Waals surface area contributed by atoms with Gasteiger partial charge in [-0.25, -0.2) is 0 Å². The number of aliphatic hydroxyl groups is 1. The Labute approximate surface area is 118 Å². The van der Waals surface area contributed by atoms with E-state index in [1.54, 1.807) is 17.0 Å². The smallest absolute Gasteiger partial charge is 0.222 e. The molecule has 1 rings (SSSR count). The van der Waals surface area contributed by atoms with Gasteiger partial charge in [0.1, 0.15) is 5.75 Å². The zero-order valence-electron chi connectivity index (χ0n) is 11.1. The lowest BCUT2D eigenvalue weighted by Crippen LogP contribution is -2.33. The Kier molecular flexibility index (Phi) is 7.30. The first kappa shape index (κ1) is 15.8. The highest BCUT2D eigenvalue weighted by Crippen LogP contribution is 2.23. The van der Waals surface area contributed by atoms with Gasteiger partial charge >= 0.3 is 0 Å². The number of carbonyl (C=O) groups is 1. The van der Waals surface area contributed by atoms with E-state index >= 15 is 0 Å². The maximum atomic E-state index is 11.8. The van der Waals surface area contributed by atoms with Crippen LogP contribution in [0.2, 0.25) is 5.02 Å². The quantitative estimate of drug-likeness (QED) is 0.746. The van der Waals surface area contributed by atoms with E-state index in [4.69, 9.17) is 21.4 Å². The fourth-order valence-corrected chi connectivity index (χ4v) is 1.90. The zero-order chi connectivity index (χ0) is 14.1. The number of nitrogens with zero attached hydrogens (tertiary/aromatic N) is 1. The molecule has 5 heteroatoms. The summed E-state index contributed by atoms with van der Waals surface area (Å²) in [5, 5.41) is 9.41. The van der Waals surface area contributed by atoms with Crippen molar-refractivity contribution in [2.75, 3.05) is 26.3 Å². The van der Waals surface area contributed by atoms with E-state index in [-0.39, 0.29) is 12.5 Å². The fourth-order valence-electron chi connectivity index (χ4n) is 1.71. The molecule has 0 atom stereocenters. The van der Waals surface area contributed by atoms with E-state index in [2.05, 4.69) is 0 Å². The van der Waals surface area contributed by atoms with Crippen molar-refractivity contribution in [1.82, 2.24) is 4.90 Å². The number of likely N-dealkylation sites (N-methyl/N-ethyl adjacent to an activating group) is 1. The summed E-state index contributed by atoms with van der Waals surface area (Å²) in [5.41, 5.74) is 0. The topological polar surface area (TPSA) is 49.8 Å². The summed E-state index contributed by atoms with van der Waals surface area (Å²) < 4.78 is 5.51. The number of ether oxygens (including phenoxy) is 1. The minimum Gasteiger partial charge on any atom is -0.492 e. The second kappa shape index (κ2) is 8.77. The Morgan fingerprint density at radius 1 is 1.42 bits per heavy atom. The molecule has 0 fully saturated rings. The lowest BCUT2D eigenvalue weighted by molar-refractivity contribution is -0.131. The van der Waals surface area contributed by atoms with Crippen LogP contribution in [0.15, 0.2) is 24.3 Å². The molecule has 1 aromatic rings. The monoisotopic (exact) mass is 285 g/mol. The molecule has 106 valence electrons. The molecule has 0 aliphatic rings. The van der Waals surface area contributed by atoms with Crippen LogP contribution in [0.1, 0.15) is 19.8 Å². The molecule has 0 heterocycles. The summed E-state index contributed by atoms with van der Waals surface area (Å²) in [6.07, 6.45) is 1.05. The number of hydrogen-bond donors (Lipinski definition) is 1. The van der Waals surface area contributed by atoms with Crippen LogP contribution in [0, 0.1) is 0 Å². The number of aliphatic hydroxyl groups excluding tert-OH is 1. The molecule has 0 bridgehead atoms. The summed E-state index contributed by atoms with van der Waals surface area (Å²) in [6, 6.07) is 7.26. The molecular weight excluding hydrogens is 266 g/mol. The van der Waals surface area contributed by atoms with Crippen LogP contribution in [-0.4, -0.2) is 42.2 Å². The molecule has 0 spiro atoms. The number of halogens is 1. The average molecular weight is 286 g/mol. The number of hydrogen-bond acceptors (Lipinski definition) is 3. The van der Waals surface area contributed by atoms with E-state index in [0.29, 0.717) is 43.3 Å². The summed E-state index contributed by atoms with van der Waals surface area (Å²) in [5.74, 6) is 0.679. The predicted molar refractivity (Wildman–Crippen MR) is 75.5 cm³/mol. The van der Waals surface area contributed by atoms with E-state index in [0.717, 1.165) is 0 Å². The minimum atomic E-state index is -0.00426. The fraction of sp³-hybridized carbons (Fsp3) is 0.500. The maximum Gasteiger partial charge on any atom is 0.222 e. The van der Waals surface area contributed by atoms with E-state index in [9.17, 15) is 4.79 Å². The molecule has 1 N–H and O–H groups in total. The van der Waals surface area contributed by atoms with Crippen LogP contribution in [0.5, 0.6) is 5.75 Å². The van der Waals surface area contributed by atoms with Crippen LogP contribution >= 0.6 is 11.6 Å². The van der Waals surface area contributed by atoms with Gasteiger partial charge in [-0.1, -0.05) is 23.7 Å². The third-order valence-corrected chi connectivity index (χ3v) is 3.05. The lowest BCUT2D eigenvalue weighted by Gasteiger charge is -2.19. The highest BCUT2D eigenvalue weighted by Gasteiger charge is 2.10. The van der Waals surface area contributed by atoms with Gasteiger partial charge in [-0.2, -0.15) is 0 Å². The molecule has 0 aliphatic carbocycles. The number of benzene rings is 1. The van der Waals surface area contributed by atoms with Gasteiger partial charge in [-0.15, -0.1) is 0 Å².